The second-order valence-electron chi connectivity index (χ2n) is 5.29. The maximum atomic E-state index is 12.3. The first-order valence-electron chi connectivity index (χ1n) is 7.50. The molecule has 5 heteroatoms. The molecule has 2 heterocycles. The van der Waals surface area contributed by atoms with Crippen molar-refractivity contribution in [1.29, 1.82) is 0 Å². The Morgan fingerprint density at radius 1 is 1.17 bits per heavy atom. The normalized spacial score (nSPS) is 11.9. The highest BCUT2D eigenvalue weighted by molar-refractivity contribution is 7.12. The maximum Gasteiger partial charge on any atom is 0.289 e. The van der Waals surface area contributed by atoms with E-state index in [1.54, 1.807) is 11.3 Å². The van der Waals surface area contributed by atoms with Crippen LogP contribution in [0.3, 0.4) is 0 Å². The van der Waals surface area contributed by atoms with Crippen molar-refractivity contribution in [1.82, 2.24) is 4.57 Å². The van der Waals surface area contributed by atoms with Crippen LogP contribution in [0.15, 0.2) is 46.8 Å². The van der Waals surface area contributed by atoms with Crippen molar-refractivity contribution in [3.63, 3.8) is 0 Å². The zero-order chi connectivity index (χ0) is 16.4. The number of nitrogens with zero attached hydrogens (tertiary/aromatic N) is 2. The Bertz CT molecular complexity index is 884. The average Bonchev–Trinajstić information content (AvgIpc) is 3.16. The molecule has 0 aliphatic carbocycles. The molecule has 3 rings (SSSR count). The number of benzene rings is 1. The number of aryl methyl sites for hydroxylation is 2. The van der Waals surface area contributed by atoms with Gasteiger partial charge < -0.3 is 4.57 Å². The van der Waals surface area contributed by atoms with Crippen molar-refractivity contribution in [2.45, 2.75) is 27.3 Å². The second kappa shape index (κ2) is 6.64. The van der Waals surface area contributed by atoms with Gasteiger partial charge >= 0.3 is 0 Å². The van der Waals surface area contributed by atoms with Crippen LogP contribution in [0.1, 0.15) is 27.0 Å². The highest BCUT2D eigenvalue weighted by Gasteiger charge is 2.13. The van der Waals surface area contributed by atoms with Crippen LogP contribution in [0.4, 0.5) is 0 Å². The lowest BCUT2D eigenvalue weighted by atomic mass is 10.1. The van der Waals surface area contributed by atoms with Gasteiger partial charge in [-0.2, -0.15) is 4.99 Å². The third kappa shape index (κ3) is 3.21. The quantitative estimate of drug-likeness (QED) is 0.682. The highest BCUT2D eigenvalue weighted by atomic mass is 32.1. The summed E-state index contributed by atoms with van der Waals surface area (Å²) in [4.78, 5) is 19.2. The van der Waals surface area contributed by atoms with Gasteiger partial charge in [-0.05, 0) is 37.8 Å². The van der Waals surface area contributed by atoms with Crippen molar-refractivity contribution < 1.29 is 4.79 Å². The molecule has 2 aromatic heterocycles. The lowest BCUT2D eigenvalue weighted by molar-refractivity contribution is 0.100. The van der Waals surface area contributed by atoms with Gasteiger partial charge in [0.25, 0.3) is 5.91 Å². The smallest absolute Gasteiger partial charge is 0.289 e. The number of amides is 1. The zero-order valence-corrected chi connectivity index (χ0v) is 15.0. The molecule has 0 N–H and O–H groups in total. The fraction of sp³-hybridized carbons (Fsp3) is 0.222. The first-order valence-corrected chi connectivity index (χ1v) is 9.19. The summed E-state index contributed by atoms with van der Waals surface area (Å²) in [7, 11) is 0. The lowest BCUT2D eigenvalue weighted by Crippen LogP contribution is -2.16. The molecule has 3 nitrogen and oxygen atoms in total. The Morgan fingerprint density at radius 2 is 1.91 bits per heavy atom. The summed E-state index contributed by atoms with van der Waals surface area (Å²) in [5.41, 5.74) is 3.55. The second-order valence-corrected chi connectivity index (χ2v) is 7.42. The van der Waals surface area contributed by atoms with Crippen LogP contribution in [-0.4, -0.2) is 10.5 Å². The van der Waals surface area contributed by atoms with Crippen LogP contribution in [0, 0.1) is 13.8 Å². The van der Waals surface area contributed by atoms with Gasteiger partial charge in [-0.1, -0.05) is 35.9 Å². The van der Waals surface area contributed by atoms with Crippen molar-refractivity contribution in [2.75, 3.05) is 0 Å². The zero-order valence-electron chi connectivity index (χ0n) is 13.4. The Kier molecular flexibility index (Phi) is 4.59. The van der Waals surface area contributed by atoms with E-state index >= 15 is 0 Å². The molecular formula is C18H18N2OS2. The molecular weight excluding hydrogens is 324 g/mol. The number of hydrogen-bond acceptors (Lipinski definition) is 3. The summed E-state index contributed by atoms with van der Waals surface area (Å²) in [5, 5.41) is 1.90. The molecule has 0 spiro atoms. The van der Waals surface area contributed by atoms with Crippen molar-refractivity contribution in [2.24, 2.45) is 4.99 Å². The summed E-state index contributed by atoms with van der Waals surface area (Å²) >= 11 is 3.00. The van der Waals surface area contributed by atoms with Crippen molar-refractivity contribution in [3.05, 3.63) is 61.9 Å². The van der Waals surface area contributed by atoms with Gasteiger partial charge in [0.2, 0.25) is 0 Å². The summed E-state index contributed by atoms with van der Waals surface area (Å²) < 4.78 is 2.12. The van der Waals surface area contributed by atoms with Gasteiger partial charge in [0.15, 0.2) is 4.80 Å². The van der Waals surface area contributed by atoms with E-state index in [1.165, 1.54) is 21.8 Å². The number of thiophene rings is 1. The van der Waals surface area contributed by atoms with Gasteiger partial charge in [-0.3, -0.25) is 4.79 Å². The standard InChI is InChI=1S/C18H18N2OS2/c1-4-20-16(14-9-7-12(2)8-10-14)13(3)23-18(20)19-17(21)15-6-5-11-22-15/h5-11H,4H2,1-3H3. The maximum absolute atomic E-state index is 12.3. The van der Waals surface area contributed by atoms with E-state index in [-0.39, 0.29) is 5.91 Å². The predicted molar refractivity (Wildman–Crippen MR) is 97.1 cm³/mol. The average molecular weight is 342 g/mol. The van der Waals surface area contributed by atoms with E-state index in [9.17, 15) is 4.79 Å². The summed E-state index contributed by atoms with van der Waals surface area (Å²) in [5.74, 6) is -0.168. The minimum Gasteiger partial charge on any atom is -0.316 e. The largest absolute Gasteiger partial charge is 0.316 e. The monoisotopic (exact) mass is 342 g/mol. The molecule has 0 radical (unpaired) electrons. The van der Waals surface area contributed by atoms with Crippen LogP contribution >= 0.6 is 22.7 Å². The third-order valence-electron chi connectivity index (χ3n) is 3.65. The topological polar surface area (TPSA) is 34.4 Å². The molecule has 0 saturated carbocycles. The molecule has 0 aliphatic rings. The number of carbonyl (C=O) groups is 1. The predicted octanol–water partition coefficient (Wildman–Crippen LogP) is 4.66. The molecule has 1 amide bonds. The number of thiazole rings is 1. The fourth-order valence-electron chi connectivity index (χ4n) is 2.52. The molecule has 118 valence electrons. The molecule has 3 aromatic rings. The minimum absolute atomic E-state index is 0.168. The minimum atomic E-state index is -0.168. The molecule has 0 saturated heterocycles. The first-order chi connectivity index (χ1) is 11.1. The van der Waals surface area contributed by atoms with E-state index in [0.29, 0.717) is 4.88 Å². The summed E-state index contributed by atoms with van der Waals surface area (Å²) in [6, 6.07) is 12.2. The van der Waals surface area contributed by atoms with E-state index in [2.05, 4.69) is 54.6 Å². The van der Waals surface area contributed by atoms with Crippen molar-refractivity contribution >= 4 is 28.6 Å². The van der Waals surface area contributed by atoms with E-state index in [0.717, 1.165) is 22.6 Å². The SMILES string of the molecule is CCn1c(-c2ccc(C)cc2)c(C)sc1=NC(=O)c1cccs1. The van der Waals surface area contributed by atoms with Gasteiger partial charge in [-0.15, -0.1) is 22.7 Å². The number of carbonyl (C=O) groups excluding carboxylic acids is 1. The number of hydrogen-bond donors (Lipinski definition) is 0. The number of aromatic nitrogens is 1. The van der Waals surface area contributed by atoms with E-state index < -0.39 is 0 Å². The van der Waals surface area contributed by atoms with E-state index in [1.807, 2.05) is 17.5 Å². The highest BCUT2D eigenvalue weighted by Crippen LogP contribution is 2.25. The molecule has 23 heavy (non-hydrogen) atoms. The third-order valence-corrected chi connectivity index (χ3v) is 5.50. The van der Waals surface area contributed by atoms with Crippen LogP contribution in [-0.2, 0) is 6.54 Å². The number of rotatable bonds is 3. The van der Waals surface area contributed by atoms with Crippen LogP contribution < -0.4 is 4.80 Å². The van der Waals surface area contributed by atoms with Crippen LogP contribution in [0.5, 0.6) is 0 Å². The van der Waals surface area contributed by atoms with Crippen LogP contribution in [0.2, 0.25) is 0 Å². The van der Waals surface area contributed by atoms with Gasteiger partial charge in [0.1, 0.15) is 0 Å². The Balaban J connectivity index is 2.12. The fourth-order valence-corrected chi connectivity index (χ4v) is 4.18. The molecule has 0 fully saturated rings. The van der Waals surface area contributed by atoms with Gasteiger partial charge in [-0.25, -0.2) is 0 Å². The molecule has 0 aliphatic heterocycles. The Morgan fingerprint density at radius 3 is 2.52 bits per heavy atom. The molecule has 0 bridgehead atoms. The molecule has 0 unspecified atom stereocenters. The Labute approximate surface area is 143 Å². The first kappa shape index (κ1) is 15.9. The van der Waals surface area contributed by atoms with E-state index in [4.69, 9.17) is 0 Å². The Hall–Kier alpha value is -1.98. The summed E-state index contributed by atoms with van der Waals surface area (Å²) in [6.45, 7) is 7.03. The summed E-state index contributed by atoms with van der Waals surface area (Å²) in [6.07, 6.45) is 0. The van der Waals surface area contributed by atoms with Crippen LogP contribution in [0.25, 0.3) is 11.3 Å². The molecule has 1 aromatic carbocycles. The lowest BCUT2D eigenvalue weighted by Gasteiger charge is -2.08. The van der Waals surface area contributed by atoms with Gasteiger partial charge in [0, 0.05) is 11.4 Å². The molecule has 0 atom stereocenters. The van der Waals surface area contributed by atoms with Gasteiger partial charge in [0.05, 0.1) is 10.6 Å². The van der Waals surface area contributed by atoms with Crippen molar-refractivity contribution in [3.8, 4) is 11.3 Å².